The molecule has 1 heterocycles. The van der Waals surface area contributed by atoms with Gasteiger partial charge in [0.15, 0.2) is 11.4 Å². The third-order valence-electron chi connectivity index (χ3n) is 1.84. The number of carbonyl (C=O) groups excluding carboxylic acids is 2. The fourth-order valence-electron chi connectivity index (χ4n) is 1.13. The molecule has 0 aromatic carbocycles. The topological polar surface area (TPSA) is 96.4 Å². The number of aryl methyl sites for hydroxylation is 1. The fraction of sp³-hybridized carbons (Fsp3) is 0.375. The van der Waals surface area contributed by atoms with E-state index in [4.69, 9.17) is 5.73 Å². The molecule has 0 amide bonds. The van der Waals surface area contributed by atoms with Gasteiger partial charge in [0, 0.05) is 7.05 Å². The molecule has 7 heteroatoms. The average Bonchev–Trinajstić information content (AvgIpc) is 2.52. The molecule has 0 saturated carbocycles. The molecule has 1 aromatic heterocycles. The lowest BCUT2D eigenvalue weighted by molar-refractivity contribution is 0.0583. The molecule has 0 unspecified atom stereocenters. The quantitative estimate of drug-likeness (QED) is 0.670. The molecule has 0 fully saturated rings. The van der Waals surface area contributed by atoms with Gasteiger partial charge in [0.25, 0.3) is 0 Å². The van der Waals surface area contributed by atoms with Crippen molar-refractivity contribution in [3.63, 3.8) is 0 Å². The Morgan fingerprint density at radius 2 is 1.80 bits per heavy atom. The smallest absolute Gasteiger partial charge is 0.360 e. The number of anilines is 1. The lowest BCUT2D eigenvalue weighted by Crippen LogP contribution is -2.10. The summed E-state index contributed by atoms with van der Waals surface area (Å²) in [5.74, 6) is -1.35. The first-order valence-electron chi connectivity index (χ1n) is 4.02. The summed E-state index contributed by atoms with van der Waals surface area (Å²) in [6, 6.07) is 0. The Balaban J connectivity index is 3.26. The number of hydrogen-bond donors (Lipinski definition) is 1. The van der Waals surface area contributed by atoms with Crippen molar-refractivity contribution >= 4 is 17.6 Å². The van der Waals surface area contributed by atoms with Crippen LogP contribution in [-0.2, 0) is 16.5 Å². The maximum atomic E-state index is 11.3. The molecule has 2 N–H and O–H groups in total. The molecule has 0 atom stereocenters. The maximum Gasteiger partial charge on any atom is 0.360 e. The monoisotopic (exact) mass is 213 g/mol. The maximum absolute atomic E-state index is 11.3. The molecule has 1 aromatic rings. The van der Waals surface area contributed by atoms with Crippen molar-refractivity contribution < 1.29 is 19.1 Å². The van der Waals surface area contributed by atoms with Gasteiger partial charge in [0.05, 0.1) is 14.2 Å². The molecule has 0 aliphatic rings. The first kappa shape index (κ1) is 11.0. The van der Waals surface area contributed by atoms with Crippen LogP contribution in [0.4, 0.5) is 5.69 Å². The highest BCUT2D eigenvalue weighted by Crippen LogP contribution is 2.17. The van der Waals surface area contributed by atoms with Crippen LogP contribution in [0.2, 0.25) is 0 Å². The van der Waals surface area contributed by atoms with Crippen molar-refractivity contribution in [2.75, 3.05) is 20.0 Å². The highest BCUT2D eigenvalue weighted by Gasteiger charge is 2.24. The highest BCUT2D eigenvalue weighted by molar-refractivity contribution is 6.01. The number of rotatable bonds is 2. The summed E-state index contributed by atoms with van der Waals surface area (Å²) in [5, 5.41) is 3.77. The average molecular weight is 213 g/mol. The van der Waals surface area contributed by atoms with E-state index < -0.39 is 11.9 Å². The molecule has 82 valence electrons. The number of aromatic nitrogens is 2. The van der Waals surface area contributed by atoms with Crippen LogP contribution in [0.15, 0.2) is 0 Å². The molecule has 15 heavy (non-hydrogen) atoms. The first-order valence-corrected chi connectivity index (χ1v) is 4.02. The first-order chi connectivity index (χ1) is 7.02. The molecule has 0 aliphatic heterocycles. The van der Waals surface area contributed by atoms with Gasteiger partial charge in [0.2, 0.25) is 0 Å². The predicted molar refractivity (Wildman–Crippen MR) is 50.3 cm³/mol. The van der Waals surface area contributed by atoms with E-state index in [-0.39, 0.29) is 17.1 Å². The Kier molecular flexibility index (Phi) is 2.93. The van der Waals surface area contributed by atoms with Crippen molar-refractivity contribution in [1.82, 2.24) is 9.78 Å². The summed E-state index contributed by atoms with van der Waals surface area (Å²) in [6.07, 6.45) is 0. The van der Waals surface area contributed by atoms with Gasteiger partial charge in [-0.15, -0.1) is 0 Å². The fourth-order valence-corrected chi connectivity index (χ4v) is 1.13. The minimum Gasteiger partial charge on any atom is -0.464 e. The lowest BCUT2D eigenvalue weighted by atomic mass is 10.3. The molecule has 0 spiro atoms. The predicted octanol–water partition coefficient (Wildman–Crippen LogP) is -0.425. The molecule has 0 saturated heterocycles. The van der Waals surface area contributed by atoms with Crippen molar-refractivity contribution in [3.8, 4) is 0 Å². The minimum atomic E-state index is -0.696. The van der Waals surface area contributed by atoms with E-state index in [0.29, 0.717) is 0 Å². The molecule has 0 aliphatic carbocycles. The third kappa shape index (κ3) is 1.76. The van der Waals surface area contributed by atoms with Crippen LogP contribution in [0.1, 0.15) is 21.0 Å². The van der Waals surface area contributed by atoms with E-state index in [2.05, 4.69) is 14.6 Å². The van der Waals surface area contributed by atoms with Gasteiger partial charge in [0.1, 0.15) is 5.69 Å². The number of hydrogen-bond acceptors (Lipinski definition) is 6. The van der Waals surface area contributed by atoms with Crippen LogP contribution in [0.25, 0.3) is 0 Å². The zero-order chi connectivity index (χ0) is 11.6. The third-order valence-corrected chi connectivity index (χ3v) is 1.84. The van der Waals surface area contributed by atoms with E-state index in [0.717, 1.165) is 0 Å². The SMILES string of the molecule is COC(=O)c1nn(C)c(C(=O)OC)c1N. The Hall–Kier alpha value is -2.05. The van der Waals surface area contributed by atoms with Gasteiger partial charge in [-0.2, -0.15) is 5.10 Å². The van der Waals surface area contributed by atoms with E-state index >= 15 is 0 Å². The van der Waals surface area contributed by atoms with Crippen molar-refractivity contribution in [1.29, 1.82) is 0 Å². The lowest BCUT2D eigenvalue weighted by Gasteiger charge is -1.99. The Morgan fingerprint density at radius 1 is 1.27 bits per heavy atom. The molecule has 0 radical (unpaired) electrons. The van der Waals surface area contributed by atoms with Gasteiger partial charge in [-0.25, -0.2) is 9.59 Å². The van der Waals surface area contributed by atoms with Crippen molar-refractivity contribution in [2.45, 2.75) is 0 Å². The summed E-state index contributed by atoms with van der Waals surface area (Å²) in [5.41, 5.74) is 5.46. The highest BCUT2D eigenvalue weighted by atomic mass is 16.5. The summed E-state index contributed by atoms with van der Waals surface area (Å²) in [6.45, 7) is 0. The number of nitrogens with zero attached hydrogens (tertiary/aromatic N) is 2. The summed E-state index contributed by atoms with van der Waals surface area (Å²) in [4.78, 5) is 22.4. The van der Waals surface area contributed by atoms with Crippen LogP contribution < -0.4 is 5.73 Å². The van der Waals surface area contributed by atoms with Crippen LogP contribution in [-0.4, -0.2) is 35.9 Å². The second-order valence-corrected chi connectivity index (χ2v) is 2.72. The van der Waals surface area contributed by atoms with E-state index in [1.807, 2.05) is 0 Å². The number of ether oxygens (including phenoxy) is 2. The second-order valence-electron chi connectivity index (χ2n) is 2.72. The van der Waals surface area contributed by atoms with Gasteiger partial charge in [-0.3, -0.25) is 4.68 Å². The number of nitrogen functional groups attached to an aromatic ring is 1. The van der Waals surface area contributed by atoms with Gasteiger partial charge >= 0.3 is 11.9 Å². The summed E-state index contributed by atoms with van der Waals surface area (Å²) < 4.78 is 10.1. The molecular weight excluding hydrogens is 202 g/mol. The van der Waals surface area contributed by atoms with Crippen LogP contribution in [0.5, 0.6) is 0 Å². The van der Waals surface area contributed by atoms with Crippen LogP contribution in [0, 0.1) is 0 Å². The van der Waals surface area contributed by atoms with E-state index in [1.54, 1.807) is 0 Å². The Morgan fingerprint density at radius 3 is 2.27 bits per heavy atom. The molecule has 1 rings (SSSR count). The van der Waals surface area contributed by atoms with Gasteiger partial charge in [-0.05, 0) is 0 Å². The van der Waals surface area contributed by atoms with Gasteiger partial charge in [-0.1, -0.05) is 0 Å². The van der Waals surface area contributed by atoms with Crippen LogP contribution in [0.3, 0.4) is 0 Å². The normalized spacial score (nSPS) is 9.80. The largest absolute Gasteiger partial charge is 0.464 e. The number of carbonyl (C=O) groups is 2. The van der Waals surface area contributed by atoms with Crippen molar-refractivity contribution in [3.05, 3.63) is 11.4 Å². The van der Waals surface area contributed by atoms with Crippen LogP contribution >= 0.6 is 0 Å². The molecule has 7 nitrogen and oxygen atoms in total. The zero-order valence-electron chi connectivity index (χ0n) is 8.60. The minimum absolute atomic E-state index is 0.0258. The van der Waals surface area contributed by atoms with Crippen molar-refractivity contribution in [2.24, 2.45) is 7.05 Å². The zero-order valence-corrected chi connectivity index (χ0v) is 8.60. The standard InChI is InChI=1S/C8H11N3O4/c1-11-6(8(13)15-3)4(9)5(10-11)7(12)14-2/h9H2,1-3H3. The molecular formula is C8H11N3O4. The number of nitrogens with two attached hydrogens (primary N) is 1. The molecule has 0 bridgehead atoms. The van der Waals surface area contributed by atoms with Gasteiger partial charge < -0.3 is 15.2 Å². The summed E-state index contributed by atoms with van der Waals surface area (Å²) >= 11 is 0. The Labute approximate surface area is 85.8 Å². The second kappa shape index (κ2) is 3.99. The Bertz CT molecular complexity index is 410. The number of esters is 2. The summed E-state index contributed by atoms with van der Waals surface area (Å²) in [7, 11) is 3.90. The van der Waals surface area contributed by atoms with E-state index in [1.165, 1.54) is 25.9 Å². The number of methoxy groups -OCH3 is 2. The van der Waals surface area contributed by atoms with E-state index in [9.17, 15) is 9.59 Å².